The fraction of sp³-hybridized carbons (Fsp3) is 0.619. The standard InChI is InChI=1S/C21H28N4O2/c1-16-22-20(27-23-16)19-12-24(11-17-5-3-2-4-6-17)13-21(19)14-25(15-21)18-7-9-26-10-8-18/h2-6,18-19H,7-15H2,1H3. The van der Waals surface area contributed by atoms with Gasteiger partial charge in [-0.1, -0.05) is 35.5 Å². The predicted molar refractivity (Wildman–Crippen MR) is 101 cm³/mol. The smallest absolute Gasteiger partial charge is 0.231 e. The molecule has 144 valence electrons. The summed E-state index contributed by atoms with van der Waals surface area (Å²) < 4.78 is 11.2. The molecule has 0 bridgehead atoms. The van der Waals surface area contributed by atoms with Gasteiger partial charge in [0.15, 0.2) is 5.82 Å². The Labute approximate surface area is 160 Å². The zero-order valence-electron chi connectivity index (χ0n) is 16.0. The molecule has 3 aliphatic heterocycles. The third-order valence-corrected chi connectivity index (χ3v) is 6.55. The van der Waals surface area contributed by atoms with Crippen molar-refractivity contribution in [2.45, 2.75) is 38.3 Å². The highest BCUT2D eigenvalue weighted by atomic mass is 16.5. The van der Waals surface area contributed by atoms with Gasteiger partial charge in [-0.05, 0) is 25.3 Å². The van der Waals surface area contributed by atoms with Crippen LogP contribution in [0.1, 0.15) is 36.0 Å². The lowest BCUT2D eigenvalue weighted by Gasteiger charge is -2.54. The number of ether oxygens (including phenoxy) is 1. The van der Waals surface area contributed by atoms with Crippen molar-refractivity contribution in [1.29, 1.82) is 0 Å². The van der Waals surface area contributed by atoms with Gasteiger partial charge >= 0.3 is 0 Å². The Balaban J connectivity index is 1.33. The number of benzene rings is 1. The molecule has 5 rings (SSSR count). The lowest BCUT2D eigenvalue weighted by Crippen LogP contribution is -2.63. The van der Waals surface area contributed by atoms with Gasteiger partial charge in [-0.3, -0.25) is 9.80 Å². The molecule has 1 aromatic heterocycles. The zero-order valence-corrected chi connectivity index (χ0v) is 16.0. The molecular formula is C21H28N4O2. The fourth-order valence-electron chi connectivity index (χ4n) is 5.22. The normalized spacial score (nSPS) is 26.5. The van der Waals surface area contributed by atoms with Crippen LogP contribution in [0.4, 0.5) is 0 Å². The summed E-state index contributed by atoms with van der Waals surface area (Å²) in [5.41, 5.74) is 1.61. The summed E-state index contributed by atoms with van der Waals surface area (Å²) in [6.45, 7) is 9.08. The first-order valence-electron chi connectivity index (χ1n) is 10.1. The van der Waals surface area contributed by atoms with Crippen LogP contribution in [-0.4, -0.2) is 65.4 Å². The third kappa shape index (κ3) is 3.30. The van der Waals surface area contributed by atoms with Crippen molar-refractivity contribution in [2.24, 2.45) is 5.41 Å². The van der Waals surface area contributed by atoms with Crippen molar-refractivity contribution in [2.75, 3.05) is 39.4 Å². The molecule has 0 amide bonds. The highest BCUT2D eigenvalue weighted by molar-refractivity contribution is 5.19. The summed E-state index contributed by atoms with van der Waals surface area (Å²) >= 11 is 0. The summed E-state index contributed by atoms with van der Waals surface area (Å²) in [7, 11) is 0. The monoisotopic (exact) mass is 368 g/mol. The van der Waals surface area contributed by atoms with Crippen LogP contribution < -0.4 is 0 Å². The second kappa shape index (κ2) is 7.00. The van der Waals surface area contributed by atoms with E-state index in [0.29, 0.717) is 12.0 Å². The Kier molecular flexibility index (Phi) is 4.50. The van der Waals surface area contributed by atoms with Crippen LogP contribution in [0.3, 0.4) is 0 Å². The van der Waals surface area contributed by atoms with Crippen molar-refractivity contribution in [3.8, 4) is 0 Å². The predicted octanol–water partition coefficient (Wildman–Crippen LogP) is 2.46. The molecule has 1 unspecified atom stereocenters. The number of nitrogens with zero attached hydrogens (tertiary/aromatic N) is 4. The van der Waals surface area contributed by atoms with Crippen LogP contribution in [0.25, 0.3) is 0 Å². The molecule has 4 heterocycles. The van der Waals surface area contributed by atoms with Gasteiger partial charge in [0, 0.05) is 57.4 Å². The minimum Gasteiger partial charge on any atom is -0.381 e. The van der Waals surface area contributed by atoms with Gasteiger partial charge in [0.25, 0.3) is 0 Å². The number of hydrogen-bond donors (Lipinski definition) is 0. The number of rotatable bonds is 4. The van der Waals surface area contributed by atoms with E-state index in [-0.39, 0.29) is 5.41 Å². The summed E-state index contributed by atoms with van der Waals surface area (Å²) in [6.07, 6.45) is 2.32. The highest BCUT2D eigenvalue weighted by Gasteiger charge is 2.57. The minimum absolute atomic E-state index is 0.242. The van der Waals surface area contributed by atoms with Crippen molar-refractivity contribution >= 4 is 0 Å². The quantitative estimate of drug-likeness (QED) is 0.826. The van der Waals surface area contributed by atoms with E-state index in [2.05, 4.69) is 50.3 Å². The van der Waals surface area contributed by atoms with Crippen molar-refractivity contribution in [1.82, 2.24) is 19.9 Å². The topological polar surface area (TPSA) is 54.6 Å². The van der Waals surface area contributed by atoms with Gasteiger partial charge in [0.05, 0.1) is 5.92 Å². The Hall–Kier alpha value is -1.76. The Morgan fingerprint density at radius 2 is 1.89 bits per heavy atom. The maximum atomic E-state index is 5.63. The lowest BCUT2D eigenvalue weighted by molar-refractivity contribution is -0.0691. The Morgan fingerprint density at radius 3 is 2.59 bits per heavy atom. The summed E-state index contributed by atoms with van der Waals surface area (Å²) in [5.74, 6) is 1.90. The number of hydrogen-bond acceptors (Lipinski definition) is 6. The van der Waals surface area contributed by atoms with Gasteiger partial charge in [-0.2, -0.15) is 4.98 Å². The molecule has 0 radical (unpaired) electrons. The van der Waals surface area contributed by atoms with E-state index < -0.39 is 0 Å². The molecule has 1 atom stereocenters. The van der Waals surface area contributed by atoms with Crippen molar-refractivity contribution in [3.05, 3.63) is 47.6 Å². The summed E-state index contributed by atoms with van der Waals surface area (Å²) in [5, 5.41) is 4.07. The van der Waals surface area contributed by atoms with E-state index in [0.717, 1.165) is 70.5 Å². The van der Waals surface area contributed by atoms with Crippen molar-refractivity contribution < 1.29 is 9.26 Å². The van der Waals surface area contributed by atoms with Crippen LogP contribution in [0.5, 0.6) is 0 Å². The fourth-order valence-corrected chi connectivity index (χ4v) is 5.22. The van der Waals surface area contributed by atoms with E-state index in [1.165, 1.54) is 5.56 Å². The van der Waals surface area contributed by atoms with Gasteiger partial charge < -0.3 is 9.26 Å². The third-order valence-electron chi connectivity index (χ3n) is 6.55. The largest absolute Gasteiger partial charge is 0.381 e. The summed E-state index contributed by atoms with van der Waals surface area (Å²) in [4.78, 5) is 9.83. The lowest BCUT2D eigenvalue weighted by atomic mass is 9.70. The van der Waals surface area contributed by atoms with Crippen LogP contribution in [0.2, 0.25) is 0 Å². The first kappa shape index (κ1) is 17.3. The molecule has 27 heavy (non-hydrogen) atoms. The molecule has 0 aliphatic carbocycles. The van der Waals surface area contributed by atoms with Gasteiger partial charge in [0.2, 0.25) is 5.89 Å². The first-order chi connectivity index (χ1) is 13.2. The maximum absolute atomic E-state index is 5.63. The minimum atomic E-state index is 0.242. The zero-order chi connectivity index (χ0) is 18.3. The van der Waals surface area contributed by atoms with E-state index in [9.17, 15) is 0 Å². The number of aryl methyl sites for hydroxylation is 1. The highest BCUT2D eigenvalue weighted by Crippen LogP contribution is 2.50. The molecule has 3 fully saturated rings. The molecule has 0 saturated carbocycles. The van der Waals surface area contributed by atoms with E-state index in [1.54, 1.807) is 0 Å². The average Bonchev–Trinajstić information content (AvgIpc) is 3.26. The van der Waals surface area contributed by atoms with E-state index in [4.69, 9.17) is 9.26 Å². The van der Waals surface area contributed by atoms with Gasteiger partial charge in [0.1, 0.15) is 0 Å². The van der Waals surface area contributed by atoms with Gasteiger partial charge in [-0.15, -0.1) is 0 Å². The molecule has 6 nitrogen and oxygen atoms in total. The Morgan fingerprint density at radius 1 is 1.11 bits per heavy atom. The number of likely N-dealkylation sites (tertiary alicyclic amines) is 2. The molecule has 0 N–H and O–H groups in total. The van der Waals surface area contributed by atoms with Crippen LogP contribution >= 0.6 is 0 Å². The average molecular weight is 368 g/mol. The molecule has 2 aromatic rings. The molecular weight excluding hydrogens is 340 g/mol. The van der Waals surface area contributed by atoms with Crippen molar-refractivity contribution in [3.63, 3.8) is 0 Å². The van der Waals surface area contributed by atoms with Crippen LogP contribution in [-0.2, 0) is 11.3 Å². The second-order valence-electron chi connectivity index (χ2n) is 8.50. The Bertz CT molecular complexity index is 765. The van der Waals surface area contributed by atoms with Gasteiger partial charge in [-0.25, -0.2) is 0 Å². The summed E-state index contributed by atoms with van der Waals surface area (Å²) in [6, 6.07) is 11.4. The first-order valence-corrected chi connectivity index (χ1v) is 10.1. The molecule has 3 saturated heterocycles. The SMILES string of the molecule is Cc1noc(C2CN(Cc3ccccc3)CC23CN(C2CCOCC2)C3)n1. The van der Waals surface area contributed by atoms with E-state index in [1.807, 2.05) is 6.92 Å². The maximum Gasteiger partial charge on any atom is 0.231 e. The molecule has 1 aromatic carbocycles. The van der Waals surface area contributed by atoms with E-state index >= 15 is 0 Å². The molecule has 3 aliphatic rings. The van der Waals surface area contributed by atoms with Crippen LogP contribution in [0.15, 0.2) is 34.9 Å². The number of aromatic nitrogens is 2. The molecule has 6 heteroatoms. The van der Waals surface area contributed by atoms with Crippen LogP contribution in [0, 0.1) is 12.3 Å². The second-order valence-corrected chi connectivity index (χ2v) is 8.50. The molecule has 1 spiro atoms.